The Bertz CT molecular complexity index is 562. The van der Waals surface area contributed by atoms with Crippen LogP contribution in [-0.2, 0) is 0 Å². The van der Waals surface area contributed by atoms with Gasteiger partial charge in [-0.25, -0.2) is 9.82 Å². The Labute approximate surface area is 118 Å². The topological polar surface area (TPSA) is 38.0 Å². The van der Waals surface area contributed by atoms with E-state index in [9.17, 15) is 4.39 Å². The highest BCUT2D eigenvalue weighted by atomic mass is 79.9. The third kappa shape index (κ3) is 2.57. The Morgan fingerprint density at radius 2 is 1.78 bits per heavy atom. The molecule has 0 aliphatic rings. The number of nitrogens with one attached hydrogen (secondary N) is 1. The fourth-order valence-corrected chi connectivity index (χ4v) is 2.43. The summed E-state index contributed by atoms with van der Waals surface area (Å²) in [6, 6.07) is 11.8. The van der Waals surface area contributed by atoms with Crippen LogP contribution in [0.3, 0.4) is 0 Å². The molecule has 2 aromatic carbocycles. The second kappa shape index (κ2) is 5.80. The van der Waals surface area contributed by atoms with E-state index in [4.69, 9.17) is 17.4 Å². The molecule has 18 heavy (non-hydrogen) atoms. The lowest BCUT2D eigenvalue weighted by Crippen LogP contribution is -2.29. The number of rotatable bonds is 3. The van der Waals surface area contributed by atoms with E-state index >= 15 is 0 Å². The molecule has 1 atom stereocenters. The highest BCUT2D eigenvalue weighted by molar-refractivity contribution is 9.10. The summed E-state index contributed by atoms with van der Waals surface area (Å²) in [6.07, 6.45) is 0. The van der Waals surface area contributed by atoms with Crippen LogP contribution in [0.2, 0.25) is 5.02 Å². The molecule has 0 bridgehead atoms. The number of hydrazine groups is 1. The number of benzene rings is 2. The van der Waals surface area contributed by atoms with Crippen molar-refractivity contribution >= 4 is 27.5 Å². The van der Waals surface area contributed by atoms with Gasteiger partial charge in [0, 0.05) is 10.6 Å². The van der Waals surface area contributed by atoms with Crippen molar-refractivity contribution in [2.75, 3.05) is 0 Å². The molecule has 0 aliphatic heterocycles. The molecule has 1 unspecified atom stereocenters. The van der Waals surface area contributed by atoms with Crippen LogP contribution < -0.4 is 11.3 Å². The van der Waals surface area contributed by atoms with Crippen molar-refractivity contribution < 1.29 is 4.39 Å². The summed E-state index contributed by atoms with van der Waals surface area (Å²) in [6.45, 7) is 0. The molecule has 0 amide bonds. The Kier molecular flexibility index (Phi) is 4.35. The van der Waals surface area contributed by atoms with E-state index in [2.05, 4.69) is 21.4 Å². The molecule has 3 N–H and O–H groups in total. The van der Waals surface area contributed by atoms with Crippen molar-refractivity contribution in [2.24, 2.45) is 5.84 Å². The molecule has 5 heteroatoms. The molecule has 0 heterocycles. The Morgan fingerprint density at radius 1 is 1.11 bits per heavy atom. The fourth-order valence-electron chi connectivity index (χ4n) is 1.80. The highest BCUT2D eigenvalue weighted by Crippen LogP contribution is 2.31. The van der Waals surface area contributed by atoms with E-state index in [-0.39, 0.29) is 5.82 Å². The summed E-state index contributed by atoms with van der Waals surface area (Å²) < 4.78 is 14.5. The minimum absolute atomic E-state index is 0.347. The van der Waals surface area contributed by atoms with Gasteiger partial charge in [0.1, 0.15) is 5.82 Å². The van der Waals surface area contributed by atoms with Gasteiger partial charge in [0.15, 0.2) is 0 Å². The first kappa shape index (κ1) is 13.5. The maximum Gasteiger partial charge on any atom is 0.142 e. The van der Waals surface area contributed by atoms with Crippen molar-refractivity contribution in [3.8, 4) is 0 Å². The molecule has 0 saturated carbocycles. The van der Waals surface area contributed by atoms with Crippen molar-refractivity contribution in [3.05, 3.63) is 68.9 Å². The second-order valence-corrected chi connectivity index (χ2v) is 5.03. The first-order valence-corrected chi connectivity index (χ1v) is 6.46. The summed E-state index contributed by atoms with van der Waals surface area (Å²) >= 11 is 9.27. The van der Waals surface area contributed by atoms with Gasteiger partial charge in [-0.2, -0.15) is 0 Å². The Morgan fingerprint density at radius 3 is 2.44 bits per heavy atom. The predicted molar refractivity (Wildman–Crippen MR) is 74.7 cm³/mol. The number of hydrogen-bond acceptors (Lipinski definition) is 2. The van der Waals surface area contributed by atoms with Gasteiger partial charge in [0.05, 0.1) is 10.5 Å². The first-order valence-electron chi connectivity index (χ1n) is 5.29. The van der Waals surface area contributed by atoms with Crippen LogP contribution in [0.5, 0.6) is 0 Å². The summed E-state index contributed by atoms with van der Waals surface area (Å²) in [7, 11) is 0. The molecule has 0 radical (unpaired) electrons. The lowest BCUT2D eigenvalue weighted by molar-refractivity contribution is 0.556. The van der Waals surface area contributed by atoms with E-state index in [0.29, 0.717) is 15.1 Å². The zero-order valence-corrected chi connectivity index (χ0v) is 11.7. The average Bonchev–Trinajstić information content (AvgIpc) is 2.37. The first-order chi connectivity index (χ1) is 8.65. The van der Waals surface area contributed by atoms with Gasteiger partial charge >= 0.3 is 0 Å². The van der Waals surface area contributed by atoms with Crippen molar-refractivity contribution in [1.29, 1.82) is 0 Å². The Balaban J connectivity index is 2.53. The van der Waals surface area contributed by atoms with Gasteiger partial charge in [0.25, 0.3) is 0 Å². The summed E-state index contributed by atoms with van der Waals surface area (Å²) in [5.41, 5.74) is 3.78. The molecule has 2 aromatic rings. The molecule has 2 rings (SSSR count). The molecule has 94 valence electrons. The zero-order chi connectivity index (χ0) is 13.1. The third-order valence-corrected chi connectivity index (χ3v) is 3.63. The van der Waals surface area contributed by atoms with Gasteiger partial charge in [-0.1, -0.05) is 41.9 Å². The molecule has 0 saturated heterocycles. The minimum atomic E-state index is -0.490. The predicted octanol–water partition coefficient (Wildman–Crippen LogP) is 3.79. The van der Waals surface area contributed by atoms with Crippen LogP contribution in [0.1, 0.15) is 17.2 Å². The number of hydrogen-bond donors (Lipinski definition) is 2. The maximum absolute atomic E-state index is 14.1. The Hall–Kier alpha value is -0.940. The molecular formula is C13H11BrClFN2. The van der Waals surface area contributed by atoms with Crippen molar-refractivity contribution in [1.82, 2.24) is 5.43 Å². The standard InChI is InChI=1S/C13H11BrClFN2/c14-10-6-3-5-9(12(10)16)13(18-17)8-4-1-2-7-11(8)15/h1-7,13,18H,17H2. The SMILES string of the molecule is NNC(c1ccccc1Cl)c1cccc(Br)c1F. The smallest absolute Gasteiger partial charge is 0.142 e. The molecule has 0 aliphatic carbocycles. The zero-order valence-electron chi connectivity index (χ0n) is 9.33. The van der Waals surface area contributed by atoms with Gasteiger partial charge in [-0.3, -0.25) is 5.84 Å². The molecule has 0 spiro atoms. The van der Waals surface area contributed by atoms with Crippen LogP contribution in [0.15, 0.2) is 46.9 Å². The van der Waals surface area contributed by atoms with Crippen LogP contribution in [0.25, 0.3) is 0 Å². The molecule has 0 fully saturated rings. The third-order valence-electron chi connectivity index (χ3n) is 2.68. The number of halogens is 3. The monoisotopic (exact) mass is 328 g/mol. The van der Waals surface area contributed by atoms with E-state index in [1.807, 2.05) is 18.2 Å². The van der Waals surface area contributed by atoms with Crippen LogP contribution in [0.4, 0.5) is 4.39 Å². The van der Waals surface area contributed by atoms with Crippen molar-refractivity contribution in [2.45, 2.75) is 6.04 Å². The van der Waals surface area contributed by atoms with Gasteiger partial charge in [-0.05, 0) is 33.6 Å². The van der Waals surface area contributed by atoms with Crippen LogP contribution in [0, 0.1) is 5.82 Å². The average molecular weight is 330 g/mol. The van der Waals surface area contributed by atoms with Crippen molar-refractivity contribution in [3.63, 3.8) is 0 Å². The van der Waals surface area contributed by atoms with E-state index in [0.717, 1.165) is 5.56 Å². The van der Waals surface area contributed by atoms with Gasteiger partial charge in [-0.15, -0.1) is 0 Å². The fraction of sp³-hybridized carbons (Fsp3) is 0.0769. The van der Waals surface area contributed by atoms with Gasteiger partial charge < -0.3 is 0 Å². The lowest BCUT2D eigenvalue weighted by atomic mass is 9.99. The largest absolute Gasteiger partial charge is 0.271 e. The van der Waals surface area contributed by atoms with E-state index < -0.39 is 6.04 Å². The van der Waals surface area contributed by atoms with Crippen LogP contribution >= 0.6 is 27.5 Å². The summed E-state index contributed by atoms with van der Waals surface area (Å²) in [5.74, 6) is 5.19. The molecule has 2 nitrogen and oxygen atoms in total. The molecular weight excluding hydrogens is 319 g/mol. The van der Waals surface area contributed by atoms with E-state index in [1.54, 1.807) is 24.3 Å². The van der Waals surface area contributed by atoms with Crippen LogP contribution in [-0.4, -0.2) is 0 Å². The highest BCUT2D eigenvalue weighted by Gasteiger charge is 2.19. The number of nitrogens with two attached hydrogens (primary N) is 1. The maximum atomic E-state index is 14.1. The van der Waals surface area contributed by atoms with Gasteiger partial charge in [0.2, 0.25) is 0 Å². The normalized spacial score (nSPS) is 12.4. The summed E-state index contributed by atoms with van der Waals surface area (Å²) in [4.78, 5) is 0. The lowest BCUT2D eigenvalue weighted by Gasteiger charge is -2.19. The quantitative estimate of drug-likeness (QED) is 0.664. The summed E-state index contributed by atoms with van der Waals surface area (Å²) in [5, 5.41) is 0.542. The minimum Gasteiger partial charge on any atom is -0.271 e. The van der Waals surface area contributed by atoms with E-state index in [1.165, 1.54) is 0 Å². The second-order valence-electron chi connectivity index (χ2n) is 3.76. The molecule has 0 aromatic heterocycles.